The smallest absolute Gasteiger partial charge is 0.106 e. The van der Waals surface area contributed by atoms with Crippen molar-refractivity contribution in [2.75, 3.05) is 13.7 Å². The summed E-state index contributed by atoms with van der Waals surface area (Å²) >= 11 is 0. The van der Waals surface area contributed by atoms with Crippen molar-refractivity contribution in [1.82, 2.24) is 0 Å². The van der Waals surface area contributed by atoms with Crippen LogP contribution in [0.25, 0.3) is 0 Å². The number of allylic oxidation sites excluding steroid dienone is 2. The topological polar surface area (TPSA) is 41.8 Å². The Balaban J connectivity index is 2.26. The van der Waals surface area contributed by atoms with E-state index in [2.05, 4.69) is 11.2 Å². The van der Waals surface area contributed by atoms with Gasteiger partial charge in [0.25, 0.3) is 0 Å². The van der Waals surface area contributed by atoms with Crippen molar-refractivity contribution in [2.24, 2.45) is 5.16 Å². The van der Waals surface area contributed by atoms with Crippen molar-refractivity contribution in [3.05, 3.63) is 11.6 Å². The number of rotatable bonds is 6. The molecule has 0 unspecified atom stereocenters. The van der Waals surface area contributed by atoms with Gasteiger partial charge in [-0.05, 0) is 37.7 Å². The van der Waals surface area contributed by atoms with Crippen LogP contribution < -0.4 is 0 Å². The maximum Gasteiger partial charge on any atom is 0.106 e. The third-order valence-corrected chi connectivity index (χ3v) is 2.45. The Morgan fingerprint density at radius 1 is 1.43 bits per heavy atom. The number of oxime groups is 1. The number of nitrogens with zero attached hydrogens (tertiary/aromatic N) is 1. The highest BCUT2D eigenvalue weighted by Crippen LogP contribution is 2.21. The second kappa shape index (κ2) is 6.60. The summed E-state index contributed by atoms with van der Waals surface area (Å²) in [6.07, 6.45) is 8.56. The number of hydrogen-bond acceptors (Lipinski definition) is 3. The zero-order chi connectivity index (χ0) is 10.2. The van der Waals surface area contributed by atoms with E-state index in [1.54, 1.807) is 7.11 Å². The lowest BCUT2D eigenvalue weighted by molar-refractivity contribution is 0.213. The Morgan fingerprint density at radius 2 is 2.29 bits per heavy atom. The van der Waals surface area contributed by atoms with Crippen molar-refractivity contribution >= 4 is 5.71 Å². The van der Waals surface area contributed by atoms with Crippen molar-refractivity contribution < 1.29 is 9.94 Å². The van der Waals surface area contributed by atoms with Crippen LogP contribution in [0.1, 0.15) is 38.5 Å². The summed E-state index contributed by atoms with van der Waals surface area (Å²) in [6, 6.07) is 0. The van der Waals surface area contributed by atoms with Gasteiger partial charge in [0.2, 0.25) is 0 Å². The lowest BCUT2D eigenvalue weighted by atomic mass is 10.1. The average Bonchev–Trinajstić information content (AvgIpc) is 2.61. The SMILES string of the molecule is CO/N=C1\CCC=C1CCCCCO. The van der Waals surface area contributed by atoms with E-state index in [9.17, 15) is 0 Å². The lowest BCUT2D eigenvalue weighted by Crippen LogP contribution is -1.98. The first-order valence-electron chi connectivity index (χ1n) is 5.28. The number of hydrogen-bond donors (Lipinski definition) is 1. The predicted octanol–water partition coefficient (Wildman–Crippen LogP) is 2.26. The van der Waals surface area contributed by atoms with E-state index in [1.165, 1.54) is 5.57 Å². The van der Waals surface area contributed by atoms with Gasteiger partial charge in [-0.3, -0.25) is 0 Å². The molecule has 0 amide bonds. The molecule has 0 heterocycles. The first kappa shape index (κ1) is 11.2. The molecule has 1 aliphatic carbocycles. The molecular weight excluding hydrogens is 178 g/mol. The molecule has 1 N–H and O–H groups in total. The molecule has 0 saturated carbocycles. The number of unbranched alkanes of at least 4 members (excludes halogenated alkanes) is 2. The van der Waals surface area contributed by atoms with E-state index >= 15 is 0 Å². The molecule has 1 rings (SSSR count). The maximum absolute atomic E-state index is 8.64. The largest absolute Gasteiger partial charge is 0.399 e. The van der Waals surface area contributed by atoms with Crippen molar-refractivity contribution in [2.45, 2.75) is 38.5 Å². The molecule has 0 spiro atoms. The second-order valence-corrected chi connectivity index (χ2v) is 3.52. The van der Waals surface area contributed by atoms with Crippen molar-refractivity contribution in [3.8, 4) is 0 Å². The third kappa shape index (κ3) is 3.50. The Hall–Kier alpha value is -0.830. The molecule has 0 radical (unpaired) electrons. The normalized spacial score (nSPS) is 18.7. The molecule has 0 aromatic heterocycles. The Morgan fingerprint density at radius 3 is 3.00 bits per heavy atom. The predicted molar refractivity (Wildman–Crippen MR) is 57.3 cm³/mol. The Kier molecular flexibility index (Phi) is 5.30. The molecule has 3 nitrogen and oxygen atoms in total. The fourth-order valence-electron chi connectivity index (χ4n) is 1.73. The summed E-state index contributed by atoms with van der Waals surface area (Å²) in [6.45, 7) is 0.304. The average molecular weight is 197 g/mol. The van der Waals surface area contributed by atoms with Gasteiger partial charge in [0.1, 0.15) is 7.11 Å². The highest BCUT2D eigenvalue weighted by atomic mass is 16.6. The van der Waals surface area contributed by atoms with Gasteiger partial charge in [-0.2, -0.15) is 0 Å². The van der Waals surface area contributed by atoms with Crippen LogP contribution in [0.5, 0.6) is 0 Å². The number of aliphatic hydroxyl groups is 1. The van der Waals surface area contributed by atoms with Crippen LogP contribution in [0.15, 0.2) is 16.8 Å². The zero-order valence-electron chi connectivity index (χ0n) is 8.83. The zero-order valence-corrected chi connectivity index (χ0v) is 8.83. The molecule has 1 aliphatic rings. The van der Waals surface area contributed by atoms with Crippen LogP contribution >= 0.6 is 0 Å². The van der Waals surface area contributed by atoms with Gasteiger partial charge in [-0.1, -0.05) is 17.7 Å². The minimum Gasteiger partial charge on any atom is -0.399 e. The molecule has 0 aliphatic heterocycles. The molecule has 0 aromatic rings. The van der Waals surface area contributed by atoms with Crippen molar-refractivity contribution in [1.29, 1.82) is 0 Å². The van der Waals surface area contributed by atoms with Gasteiger partial charge in [0, 0.05) is 6.61 Å². The van der Waals surface area contributed by atoms with E-state index in [0.29, 0.717) is 6.61 Å². The fourth-order valence-corrected chi connectivity index (χ4v) is 1.73. The van der Waals surface area contributed by atoms with Gasteiger partial charge in [-0.25, -0.2) is 0 Å². The lowest BCUT2D eigenvalue weighted by Gasteiger charge is -2.03. The second-order valence-electron chi connectivity index (χ2n) is 3.52. The standard InChI is InChI=1S/C11H19NO2/c1-14-12-11-8-5-7-10(11)6-3-2-4-9-13/h7,13H,2-6,8-9H2,1H3/b12-11+. The van der Waals surface area contributed by atoms with E-state index in [1.807, 2.05) is 0 Å². The Labute approximate surface area is 85.5 Å². The van der Waals surface area contributed by atoms with Gasteiger partial charge in [0.05, 0.1) is 5.71 Å². The summed E-state index contributed by atoms with van der Waals surface area (Å²) in [5.41, 5.74) is 2.45. The van der Waals surface area contributed by atoms with Gasteiger partial charge < -0.3 is 9.94 Å². The molecule has 3 heteroatoms. The van der Waals surface area contributed by atoms with Crippen LogP contribution in [0, 0.1) is 0 Å². The summed E-state index contributed by atoms with van der Waals surface area (Å²) in [5.74, 6) is 0. The molecule has 80 valence electrons. The Bertz CT molecular complexity index is 221. The molecule has 0 saturated heterocycles. The quantitative estimate of drug-likeness (QED) is 0.524. The van der Waals surface area contributed by atoms with Crippen LogP contribution in [0.4, 0.5) is 0 Å². The molecule has 14 heavy (non-hydrogen) atoms. The number of aliphatic hydroxyl groups excluding tert-OH is 1. The van der Waals surface area contributed by atoms with Crippen LogP contribution in [-0.4, -0.2) is 24.5 Å². The summed E-state index contributed by atoms with van der Waals surface area (Å²) in [7, 11) is 1.59. The van der Waals surface area contributed by atoms with Crippen LogP contribution in [-0.2, 0) is 4.84 Å². The molecule has 0 fully saturated rings. The van der Waals surface area contributed by atoms with E-state index in [0.717, 1.165) is 44.2 Å². The third-order valence-electron chi connectivity index (χ3n) is 2.45. The molecule has 0 atom stereocenters. The van der Waals surface area contributed by atoms with Gasteiger partial charge in [-0.15, -0.1) is 0 Å². The van der Waals surface area contributed by atoms with E-state index in [4.69, 9.17) is 9.94 Å². The van der Waals surface area contributed by atoms with Crippen LogP contribution in [0.2, 0.25) is 0 Å². The monoisotopic (exact) mass is 197 g/mol. The van der Waals surface area contributed by atoms with E-state index < -0.39 is 0 Å². The highest BCUT2D eigenvalue weighted by Gasteiger charge is 2.12. The van der Waals surface area contributed by atoms with E-state index in [-0.39, 0.29) is 0 Å². The molecule has 0 aromatic carbocycles. The maximum atomic E-state index is 8.64. The minimum absolute atomic E-state index is 0.304. The first-order valence-corrected chi connectivity index (χ1v) is 5.28. The first-order chi connectivity index (χ1) is 6.88. The summed E-state index contributed by atoms with van der Waals surface area (Å²) in [5, 5.41) is 12.6. The highest BCUT2D eigenvalue weighted by molar-refractivity contribution is 6.01. The minimum atomic E-state index is 0.304. The van der Waals surface area contributed by atoms with Gasteiger partial charge >= 0.3 is 0 Å². The fraction of sp³-hybridized carbons (Fsp3) is 0.727. The van der Waals surface area contributed by atoms with Gasteiger partial charge in [0.15, 0.2) is 0 Å². The van der Waals surface area contributed by atoms with Crippen LogP contribution in [0.3, 0.4) is 0 Å². The summed E-state index contributed by atoms with van der Waals surface area (Å²) in [4.78, 5) is 4.79. The summed E-state index contributed by atoms with van der Waals surface area (Å²) < 4.78 is 0. The molecular formula is C11H19NO2. The molecule has 0 bridgehead atoms. The van der Waals surface area contributed by atoms with Crippen molar-refractivity contribution in [3.63, 3.8) is 0 Å².